The molecule has 0 radical (unpaired) electrons. The minimum atomic E-state index is 0.639. The molecule has 0 saturated carbocycles. The summed E-state index contributed by atoms with van der Waals surface area (Å²) >= 11 is 0. The van der Waals surface area contributed by atoms with E-state index in [9.17, 15) is 0 Å². The molecule has 0 saturated heterocycles. The maximum atomic E-state index is 5.65. The van der Waals surface area contributed by atoms with E-state index in [0.29, 0.717) is 5.82 Å². The molecule has 0 fully saturated rings. The average molecular weight is 177 g/mol. The van der Waals surface area contributed by atoms with Gasteiger partial charge in [-0.3, -0.25) is 9.36 Å². The van der Waals surface area contributed by atoms with Crippen LogP contribution in [0, 0.1) is 0 Å². The number of rotatable bonds is 1. The van der Waals surface area contributed by atoms with Crippen molar-refractivity contribution in [2.75, 3.05) is 5.73 Å². The molecule has 2 aromatic heterocycles. The average Bonchev–Trinajstić information content (AvgIpc) is 2.61. The van der Waals surface area contributed by atoms with Crippen molar-refractivity contribution in [3.63, 3.8) is 0 Å². The van der Waals surface area contributed by atoms with E-state index in [1.54, 1.807) is 9.36 Å². The Hall–Kier alpha value is -1.78. The number of nitrogens with zero attached hydrogens (tertiary/aromatic N) is 4. The summed E-state index contributed by atoms with van der Waals surface area (Å²) in [5.41, 5.74) is 7.30. The Morgan fingerprint density at radius 1 is 1.23 bits per heavy atom. The zero-order valence-corrected chi connectivity index (χ0v) is 7.60. The number of anilines is 1. The van der Waals surface area contributed by atoms with E-state index in [2.05, 4.69) is 10.2 Å². The molecule has 0 atom stereocenters. The molecular weight excluding hydrogens is 166 g/mol. The third kappa shape index (κ3) is 1.28. The van der Waals surface area contributed by atoms with Crippen LogP contribution in [0.25, 0.3) is 11.4 Å². The quantitative estimate of drug-likeness (QED) is 0.686. The topological polar surface area (TPSA) is 61.7 Å². The van der Waals surface area contributed by atoms with Crippen LogP contribution < -0.4 is 5.73 Å². The first-order chi connectivity index (χ1) is 6.16. The predicted octanol–water partition coefficient (Wildman–Crippen LogP) is 0.403. The van der Waals surface area contributed by atoms with Gasteiger partial charge in [-0.1, -0.05) is 0 Å². The van der Waals surface area contributed by atoms with Crippen molar-refractivity contribution in [3.8, 4) is 11.4 Å². The molecule has 0 unspecified atom stereocenters. The van der Waals surface area contributed by atoms with Crippen LogP contribution in [0.15, 0.2) is 18.3 Å². The number of hydrogen-bond donors (Lipinski definition) is 1. The predicted molar refractivity (Wildman–Crippen MR) is 49.8 cm³/mol. The van der Waals surface area contributed by atoms with Crippen LogP contribution >= 0.6 is 0 Å². The molecule has 5 heteroatoms. The van der Waals surface area contributed by atoms with Gasteiger partial charge >= 0.3 is 0 Å². The maximum Gasteiger partial charge on any atom is 0.122 e. The third-order valence-corrected chi connectivity index (χ3v) is 1.89. The van der Waals surface area contributed by atoms with E-state index >= 15 is 0 Å². The number of hydrogen-bond acceptors (Lipinski definition) is 3. The first kappa shape index (κ1) is 7.85. The smallest absolute Gasteiger partial charge is 0.122 e. The van der Waals surface area contributed by atoms with E-state index in [4.69, 9.17) is 5.73 Å². The monoisotopic (exact) mass is 177 g/mol. The van der Waals surface area contributed by atoms with Crippen molar-refractivity contribution < 1.29 is 0 Å². The number of nitrogen functional groups attached to an aromatic ring is 1. The van der Waals surface area contributed by atoms with Crippen LogP contribution in [-0.4, -0.2) is 19.6 Å². The van der Waals surface area contributed by atoms with E-state index in [1.807, 2.05) is 32.4 Å². The van der Waals surface area contributed by atoms with Crippen molar-refractivity contribution in [1.82, 2.24) is 19.6 Å². The number of aryl methyl sites for hydroxylation is 2. The molecule has 0 aromatic carbocycles. The Kier molecular flexibility index (Phi) is 1.58. The van der Waals surface area contributed by atoms with E-state index < -0.39 is 0 Å². The minimum absolute atomic E-state index is 0.639. The van der Waals surface area contributed by atoms with Crippen LogP contribution in [0.3, 0.4) is 0 Å². The van der Waals surface area contributed by atoms with Crippen molar-refractivity contribution in [1.29, 1.82) is 0 Å². The highest BCUT2D eigenvalue weighted by molar-refractivity contribution is 5.57. The summed E-state index contributed by atoms with van der Waals surface area (Å²) < 4.78 is 3.37. The molecule has 0 aliphatic heterocycles. The Morgan fingerprint density at radius 2 is 2.00 bits per heavy atom. The second-order valence-corrected chi connectivity index (χ2v) is 2.95. The Balaban J connectivity index is 2.46. The van der Waals surface area contributed by atoms with Gasteiger partial charge in [-0.15, -0.1) is 0 Å². The van der Waals surface area contributed by atoms with Gasteiger partial charge in [0.2, 0.25) is 0 Å². The highest BCUT2D eigenvalue weighted by atomic mass is 15.3. The van der Waals surface area contributed by atoms with Gasteiger partial charge in [0.25, 0.3) is 0 Å². The van der Waals surface area contributed by atoms with E-state index in [1.165, 1.54) is 0 Å². The standard InChI is InChI=1S/C8H11N5/c1-12-4-3-6(10-12)7-5-8(9)13(2)11-7/h3-5H,9H2,1-2H3. The molecule has 2 N–H and O–H groups in total. The second kappa shape index (κ2) is 2.62. The largest absolute Gasteiger partial charge is 0.384 e. The molecule has 0 amide bonds. The summed E-state index contributed by atoms with van der Waals surface area (Å²) in [5.74, 6) is 0.639. The number of nitrogens with two attached hydrogens (primary N) is 1. The zero-order valence-electron chi connectivity index (χ0n) is 7.60. The van der Waals surface area contributed by atoms with Gasteiger partial charge in [-0.05, 0) is 6.07 Å². The van der Waals surface area contributed by atoms with Crippen LogP contribution in [0.4, 0.5) is 5.82 Å². The molecule has 2 heterocycles. The molecule has 13 heavy (non-hydrogen) atoms. The first-order valence-electron chi connectivity index (χ1n) is 3.96. The van der Waals surface area contributed by atoms with Crippen LogP contribution in [-0.2, 0) is 14.1 Å². The summed E-state index contributed by atoms with van der Waals surface area (Å²) in [6.07, 6.45) is 1.88. The van der Waals surface area contributed by atoms with Crippen molar-refractivity contribution in [2.24, 2.45) is 14.1 Å². The lowest BCUT2D eigenvalue weighted by molar-refractivity contribution is 0.760. The summed E-state index contributed by atoms with van der Waals surface area (Å²) in [7, 11) is 3.68. The fraction of sp³-hybridized carbons (Fsp3) is 0.250. The highest BCUT2D eigenvalue weighted by Crippen LogP contribution is 2.16. The molecule has 68 valence electrons. The van der Waals surface area contributed by atoms with Gasteiger partial charge in [-0.2, -0.15) is 10.2 Å². The van der Waals surface area contributed by atoms with Gasteiger partial charge in [0, 0.05) is 26.4 Å². The van der Waals surface area contributed by atoms with Gasteiger partial charge < -0.3 is 5.73 Å². The molecule has 5 nitrogen and oxygen atoms in total. The first-order valence-corrected chi connectivity index (χ1v) is 3.96. The Bertz CT molecular complexity index is 406. The van der Waals surface area contributed by atoms with Crippen LogP contribution in [0.2, 0.25) is 0 Å². The van der Waals surface area contributed by atoms with Crippen molar-refractivity contribution in [3.05, 3.63) is 18.3 Å². The van der Waals surface area contributed by atoms with Crippen LogP contribution in [0.5, 0.6) is 0 Å². The molecule has 0 aliphatic rings. The van der Waals surface area contributed by atoms with Gasteiger partial charge in [0.05, 0.1) is 0 Å². The second-order valence-electron chi connectivity index (χ2n) is 2.95. The minimum Gasteiger partial charge on any atom is -0.384 e. The van der Waals surface area contributed by atoms with Crippen molar-refractivity contribution >= 4 is 5.82 Å². The molecular formula is C8H11N5. The summed E-state index contributed by atoms with van der Waals surface area (Å²) in [4.78, 5) is 0. The molecule has 0 aliphatic carbocycles. The lowest BCUT2D eigenvalue weighted by Crippen LogP contribution is -1.96. The zero-order chi connectivity index (χ0) is 9.42. The maximum absolute atomic E-state index is 5.65. The number of aromatic nitrogens is 4. The van der Waals surface area contributed by atoms with Crippen molar-refractivity contribution in [2.45, 2.75) is 0 Å². The Labute approximate surface area is 75.8 Å². The third-order valence-electron chi connectivity index (χ3n) is 1.89. The van der Waals surface area contributed by atoms with E-state index in [-0.39, 0.29) is 0 Å². The summed E-state index contributed by atoms with van der Waals surface area (Å²) in [6, 6.07) is 3.71. The molecule has 2 rings (SSSR count). The highest BCUT2D eigenvalue weighted by Gasteiger charge is 2.06. The van der Waals surface area contributed by atoms with Gasteiger partial charge in [-0.25, -0.2) is 0 Å². The molecule has 2 aromatic rings. The lowest BCUT2D eigenvalue weighted by atomic mass is 10.3. The van der Waals surface area contributed by atoms with Crippen LogP contribution in [0.1, 0.15) is 0 Å². The molecule has 0 bridgehead atoms. The normalized spacial score (nSPS) is 10.6. The fourth-order valence-corrected chi connectivity index (χ4v) is 1.16. The van der Waals surface area contributed by atoms with E-state index in [0.717, 1.165) is 11.4 Å². The lowest BCUT2D eigenvalue weighted by Gasteiger charge is -1.89. The van der Waals surface area contributed by atoms with Gasteiger partial charge in [0.15, 0.2) is 0 Å². The summed E-state index contributed by atoms with van der Waals surface area (Å²) in [6.45, 7) is 0. The molecule has 0 spiro atoms. The fourth-order valence-electron chi connectivity index (χ4n) is 1.16. The summed E-state index contributed by atoms with van der Waals surface area (Å²) in [5, 5.41) is 8.43. The SMILES string of the molecule is Cn1ccc(-c2cc(N)n(C)n2)n1. The Morgan fingerprint density at radius 3 is 2.46 bits per heavy atom. The van der Waals surface area contributed by atoms with Gasteiger partial charge in [0.1, 0.15) is 17.2 Å².